The standard InChI is InChI=1S/C20H22Cl2N2O4S/c1-2-28-19-10-9-17(12-18(19)22)29(26,27)24-11-3-4-14(13-24)20(25)23-16-7-5-15(21)6-8-16/h5-10,12,14H,2-4,11,13H2,1H3,(H,23,25)/t14-/m1/s1. The van der Waals surface area contributed by atoms with Crippen LogP contribution in [0.1, 0.15) is 19.8 Å². The Morgan fingerprint density at radius 2 is 1.93 bits per heavy atom. The number of hydrogen-bond acceptors (Lipinski definition) is 4. The van der Waals surface area contributed by atoms with Gasteiger partial charge in [0, 0.05) is 23.8 Å². The Kier molecular flexibility index (Phi) is 7.05. The highest BCUT2D eigenvalue weighted by Crippen LogP contribution is 2.30. The van der Waals surface area contributed by atoms with Crippen molar-refractivity contribution >= 4 is 44.8 Å². The normalized spacial score (nSPS) is 17.7. The van der Waals surface area contributed by atoms with Gasteiger partial charge in [0.2, 0.25) is 15.9 Å². The summed E-state index contributed by atoms with van der Waals surface area (Å²) in [6.07, 6.45) is 1.22. The minimum absolute atomic E-state index is 0.0877. The maximum Gasteiger partial charge on any atom is 0.243 e. The van der Waals surface area contributed by atoms with Crippen molar-refractivity contribution in [3.8, 4) is 5.75 Å². The number of halogens is 2. The third-order valence-corrected chi connectivity index (χ3v) is 7.12. The van der Waals surface area contributed by atoms with Crippen molar-refractivity contribution < 1.29 is 17.9 Å². The van der Waals surface area contributed by atoms with Crippen LogP contribution in [0.5, 0.6) is 5.75 Å². The number of ether oxygens (including phenoxy) is 1. The number of benzene rings is 2. The number of rotatable bonds is 6. The fourth-order valence-electron chi connectivity index (χ4n) is 3.22. The summed E-state index contributed by atoms with van der Waals surface area (Å²) in [6, 6.07) is 11.2. The molecule has 1 aliphatic heterocycles. The number of nitrogens with zero attached hydrogens (tertiary/aromatic N) is 1. The highest BCUT2D eigenvalue weighted by atomic mass is 35.5. The van der Waals surface area contributed by atoms with Gasteiger partial charge >= 0.3 is 0 Å². The molecular formula is C20H22Cl2N2O4S. The van der Waals surface area contributed by atoms with E-state index in [2.05, 4.69) is 5.32 Å². The number of sulfonamides is 1. The van der Waals surface area contributed by atoms with E-state index in [-0.39, 0.29) is 22.4 Å². The molecule has 1 fully saturated rings. The molecule has 0 spiro atoms. The van der Waals surface area contributed by atoms with E-state index in [1.165, 1.54) is 16.4 Å². The number of anilines is 1. The van der Waals surface area contributed by atoms with E-state index in [1.807, 2.05) is 6.92 Å². The van der Waals surface area contributed by atoms with Crippen LogP contribution in [0.3, 0.4) is 0 Å². The second-order valence-corrected chi connectivity index (χ2v) is 9.51. The minimum atomic E-state index is -3.77. The first-order valence-electron chi connectivity index (χ1n) is 9.30. The summed E-state index contributed by atoms with van der Waals surface area (Å²) < 4.78 is 32.8. The zero-order valence-electron chi connectivity index (χ0n) is 15.9. The molecule has 2 aromatic carbocycles. The van der Waals surface area contributed by atoms with Crippen molar-refractivity contribution in [1.82, 2.24) is 4.31 Å². The number of carbonyl (C=O) groups excluding carboxylic acids is 1. The van der Waals surface area contributed by atoms with Crippen LogP contribution < -0.4 is 10.1 Å². The maximum atomic E-state index is 13.1. The van der Waals surface area contributed by atoms with E-state index in [0.717, 1.165) is 0 Å². The predicted molar refractivity (Wildman–Crippen MR) is 114 cm³/mol. The zero-order valence-corrected chi connectivity index (χ0v) is 18.2. The van der Waals surface area contributed by atoms with Crippen molar-refractivity contribution in [3.63, 3.8) is 0 Å². The van der Waals surface area contributed by atoms with Gasteiger partial charge in [0.15, 0.2) is 0 Å². The van der Waals surface area contributed by atoms with Crippen molar-refractivity contribution in [3.05, 3.63) is 52.5 Å². The van der Waals surface area contributed by atoms with Crippen LogP contribution >= 0.6 is 23.2 Å². The summed E-state index contributed by atoms with van der Waals surface area (Å²) in [5.41, 5.74) is 0.623. The lowest BCUT2D eigenvalue weighted by molar-refractivity contribution is -0.120. The molecule has 2 aromatic rings. The highest BCUT2D eigenvalue weighted by Gasteiger charge is 2.33. The van der Waals surface area contributed by atoms with Crippen LogP contribution in [0.2, 0.25) is 10.0 Å². The first-order valence-corrected chi connectivity index (χ1v) is 11.5. The Hall–Kier alpha value is -1.80. The van der Waals surface area contributed by atoms with Crippen LogP contribution in [-0.4, -0.2) is 38.3 Å². The topological polar surface area (TPSA) is 75.7 Å². The molecule has 0 aliphatic carbocycles. The fourth-order valence-corrected chi connectivity index (χ4v) is 5.19. The average Bonchev–Trinajstić information content (AvgIpc) is 2.71. The number of piperidine rings is 1. The SMILES string of the molecule is CCOc1ccc(S(=O)(=O)N2CCC[C@@H](C(=O)Nc3ccc(Cl)cc3)C2)cc1Cl. The molecule has 0 unspecified atom stereocenters. The van der Waals surface area contributed by atoms with Gasteiger partial charge in [-0.3, -0.25) is 4.79 Å². The van der Waals surface area contributed by atoms with E-state index < -0.39 is 15.9 Å². The predicted octanol–water partition coefficient (Wildman–Crippen LogP) is 4.43. The molecule has 1 amide bonds. The van der Waals surface area contributed by atoms with Crippen LogP contribution in [0.25, 0.3) is 0 Å². The first kappa shape index (κ1) is 21.9. The van der Waals surface area contributed by atoms with E-state index in [0.29, 0.717) is 42.5 Å². The summed E-state index contributed by atoms with van der Waals surface area (Å²) >= 11 is 12.0. The van der Waals surface area contributed by atoms with Gasteiger partial charge in [-0.1, -0.05) is 23.2 Å². The number of nitrogens with one attached hydrogen (secondary N) is 1. The highest BCUT2D eigenvalue weighted by molar-refractivity contribution is 7.89. The third-order valence-electron chi connectivity index (χ3n) is 4.71. The van der Waals surface area contributed by atoms with Crippen molar-refractivity contribution in [2.75, 3.05) is 25.0 Å². The van der Waals surface area contributed by atoms with Gasteiger partial charge in [-0.25, -0.2) is 8.42 Å². The molecule has 0 radical (unpaired) electrons. The average molecular weight is 457 g/mol. The molecule has 0 saturated carbocycles. The third kappa shape index (κ3) is 5.22. The molecule has 156 valence electrons. The molecule has 1 atom stereocenters. The maximum absolute atomic E-state index is 13.1. The lowest BCUT2D eigenvalue weighted by Gasteiger charge is -2.31. The van der Waals surface area contributed by atoms with Crippen molar-refractivity contribution in [1.29, 1.82) is 0 Å². The van der Waals surface area contributed by atoms with Gasteiger partial charge in [-0.2, -0.15) is 4.31 Å². The number of amides is 1. The van der Waals surface area contributed by atoms with Gasteiger partial charge in [0.05, 0.1) is 22.4 Å². The minimum Gasteiger partial charge on any atom is -0.492 e. The summed E-state index contributed by atoms with van der Waals surface area (Å²) in [6.45, 7) is 2.73. The van der Waals surface area contributed by atoms with Crippen molar-refractivity contribution in [2.24, 2.45) is 5.92 Å². The van der Waals surface area contributed by atoms with Crippen LogP contribution in [0, 0.1) is 5.92 Å². The van der Waals surface area contributed by atoms with Gasteiger partial charge in [0.1, 0.15) is 5.75 Å². The molecule has 6 nitrogen and oxygen atoms in total. The van der Waals surface area contributed by atoms with Crippen LogP contribution in [0.4, 0.5) is 5.69 Å². The van der Waals surface area contributed by atoms with E-state index >= 15 is 0 Å². The van der Waals surface area contributed by atoms with Crippen LogP contribution in [-0.2, 0) is 14.8 Å². The molecule has 0 bridgehead atoms. The molecule has 1 N–H and O–H groups in total. The lowest BCUT2D eigenvalue weighted by atomic mass is 9.99. The van der Waals surface area contributed by atoms with Gasteiger partial charge < -0.3 is 10.1 Å². The molecule has 0 aromatic heterocycles. The zero-order chi connectivity index (χ0) is 21.0. The Bertz CT molecular complexity index is 980. The Morgan fingerprint density at radius 1 is 1.21 bits per heavy atom. The van der Waals surface area contributed by atoms with Crippen molar-refractivity contribution in [2.45, 2.75) is 24.7 Å². The van der Waals surface area contributed by atoms with Gasteiger partial charge in [0.25, 0.3) is 0 Å². The van der Waals surface area contributed by atoms with E-state index in [9.17, 15) is 13.2 Å². The summed E-state index contributed by atoms with van der Waals surface area (Å²) in [5.74, 6) is -0.212. The molecule has 29 heavy (non-hydrogen) atoms. The quantitative estimate of drug-likeness (QED) is 0.697. The van der Waals surface area contributed by atoms with Crippen LogP contribution in [0.15, 0.2) is 47.4 Å². The Balaban J connectivity index is 1.72. The molecule has 9 heteroatoms. The van der Waals surface area contributed by atoms with E-state index in [1.54, 1.807) is 30.3 Å². The monoisotopic (exact) mass is 456 g/mol. The fraction of sp³-hybridized carbons (Fsp3) is 0.350. The largest absolute Gasteiger partial charge is 0.492 e. The lowest BCUT2D eigenvalue weighted by Crippen LogP contribution is -2.43. The van der Waals surface area contributed by atoms with Gasteiger partial charge in [-0.15, -0.1) is 0 Å². The molecule has 1 heterocycles. The van der Waals surface area contributed by atoms with E-state index in [4.69, 9.17) is 27.9 Å². The number of carbonyl (C=O) groups is 1. The van der Waals surface area contributed by atoms with Gasteiger partial charge in [-0.05, 0) is 62.2 Å². The Labute approximate surface area is 180 Å². The summed E-state index contributed by atoms with van der Waals surface area (Å²) in [5, 5.41) is 3.64. The Morgan fingerprint density at radius 3 is 2.59 bits per heavy atom. The second kappa shape index (κ2) is 9.34. The second-order valence-electron chi connectivity index (χ2n) is 6.72. The molecular weight excluding hydrogens is 435 g/mol. The number of hydrogen-bond donors (Lipinski definition) is 1. The molecule has 3 rings (SSSR count). The first-order chi connectivity index (χ1) is 13.8. The smallest absolute Gasteiger partial charge is 0.243 e. The molecule has 1 aliphatic rings. The summed E-state index contributed by atoms with van der Waals surface area (Å²) in [7, 11) is -3.77. The molecule has 1 saturated heterocycles. The summed E-state index contributed by atoms with van der Waals surface area (Å²) in [4.78, 5) is 12.7.